The van der Waals surface area contributed by atoms with Gasteiger partial charge in [-0.3, -0.25) is 4.79 Å². The van der Waals surface area contributed by atoms with Gasteiger partial charge < -0.3 is 35.7 Å². The molecule has 1 aliphatic heterocycles. The van der Waals surface area contributed by atoms with E-state index >= 15 is 0 Å². The van der Waals surface area contributed by atoms with Crippen molar-refractivity contribution in [3.63, 3.8) is 0 Å². The van der Waals surface area contributed by atoms with Crippen molar-refractivity contribution < 1.29 is 24.9 Å². The fourth-order valence-electron chi connectivity index (χ4n) is 3.07. The first-order valence-electron chi connectivity index (χ1n) is 8.74. The van der Waals surface area contributed by atoms with Crippen LogP contribution in [0, 0.1) is 17.2 Å². The minimum Gasteiger partial charge on any atom is -0.394 e. The van der Waals surface area contributed by atoms with Gasteiger partial charge in [0.15, 0.2) is 6.23 Å². The Hall–Kier alpha value is -2.62. The number of carbonyl (C=O) groups is 1. The van der Waals surface area contributed by atoms with Gasteiger partial charge in [-0.1, -0.05) is 13.8 Å². The number of nitrogens with zero attached hydrogens (tertiary/aromatic N) is 4. The van der Waals surface area contributed by atoms with Crippen LogP contribution in [0.2, 0.25) is 0 Å². The fraction of sp³-hybridized carbons (Fsp3) is 0.529. The first-order chi connectivity index (χ1) is 13.3. The SMILES string of the molecule is CC(C)C(N)C(=O)Nc1ncnc2c1c(C#N)cn2[C@@H]1O[C@H](CO)C(O)[C@@H]1O. The number of aromatic nitrogens is 3. The Labute approximate surface area is 160 Å². The van der Waals surface area contributed by atoms with Gasteiger partial charge in [-0.25, -0.2) is 9.97 Å². The minimum atomic E-state index is -1.35. The number of nitriles is 1. The molecule has 0 spiro atoms. The van der Waals surface area contributed by atoms with Crippen molar-refractivity contribution in [2.75, 3.05) is 11.9 Å². The molecule has 1 aliphatic rings. The first-order valence-corrected chi connectivity index (χ1v) is 8.74. The number of nitrogens with two attached hydrogens (primary N) is 1. The molecule has 11 nitrogen and oxygen atoms in total. The average Bonchev–Trinajstić information content (AvgIpc) is 3.19. The third-order valence-corrected chi connectivity index (χ3v) is 4.78. The molecule has 150 valence electrons. The summed E-state index contributed by atoms with van der Waals surface area (Å²) in [5.41, 5.74) is 6.22. The number of anilines is 1. The summed E-state index contributed by atoms with van der Waals surface area (Å²) < 4.78 is 6.89. The van der Waals surface area contributed by atoms with Crippen LogP contribution < -0.4 is 11.1 Å². The van der Waals surface area contributed by atoms with Gasteiger partial charge in [0, 0.05) is 6.20 Å². The quantitative estimate of drug-likeness (QED) is 0.420. The highest BCUT2D eigenvalue weighted by atomic mass is 16.6. The van der Waals surface area contributed by atoms with E-state index in [1.165, 1.54) is 17.1 Å². The van der Waals surface area contributed by atoms with Crippen LogP contribution in [0.5, 0.6) is 0 Å². The van der Waals surface area contributed by atoms with Gasteiger partial charge in [0.2, 0.25) is 5.91 Å². The van der Waals surface area contributed by atoms with Gasteiger partial charge in [0.1, 0.15) is 42.2 Å². The molecule has 1 fully saturated rings. The van der Waals surface area contributed by atoms with E-state index in [1.54, 1.807) is 13.8 Å². The second kappa shape index (κ2) is 7.78. The van der Waals surface area contributed by atoms with Crippen LogP contribution in [-0.4, -0.2) is 66.7 Å². The summed E-state index contributed by atoms with van der Waals surface area (Å²) in [7, 11) is 0. The highest BCUT2D eigenvalue weighted by Crippen LogP contribution is 2.34. The van der Waals surface area contributed by atoms with Gasteiger partial charge in [0.05, 0.1) is 23.6 Å². The van der Waals surface area contributed by atoms with Crippen molar-refractivity contribution in [2.45, 2.75) is 44.4 Å². The second-order valence-electron chi connectivity index (χ2n) is 6.97. The van der Waals surface area contributed by atoms with Gasteiger partial charge in [-0.05, 0) is 5.92 Å². The molecule has 28 heavy (non-hydrogen) atoms. The number of ether oxygens (including phenoxy) is 1. The molecule has 2 aromatic rings. The Morgan fingerprint density at radius 3 is 2.71 bits per heavy atom. The van der Waals surface area contributed by atoms with E-state index in [0.29, 0.717) is 0 Å². The molecule has 0 bridgehead atoms. The smallest absolute Gasteiger partial charge is 0.242 e. The number of hydrogen-bond donors (Lipinski definition) is 5. The monoisotopic (exact) mass is 390 g/mol. The van der Waals surface area contributed by atoms with Crippen LogP contribution in [0.3, 0.4) is 0 Å². The number of rotatable bonds is 5. The molecule has 2 unspecified atom stereocenters. The van der Waals surface area contributed by atoms with Crippen molar-refractivity contribution in [1.29, 1.82) is 5.26 Å². The standard InChI is InChI=1S/C17H22N6O5/c1-7(2)11(19)16(27)22-14-10-8(3-18)4-23(15(10)21-6-20-14)17-13(26)12(25)9(5-24)28-17/h4,6-7,9,11-13,17,24-26H,5,19H2,1-2H3,(H,20,21,22,27)/t9-,11?,12?,13+,17-/m1/s1. The number of carbonyl (C=O) groups excluding carboxylic acids is 1. The summed E-state index contributed by atoms with van der Waals surface area (Å²) in [6.07, 6.45) is -2.12. The van der Waals surface area contributed by atoms with E-state index in [-0.39, 0.29) is 28.3 Å². The largest absolute Gasteiger partial charge is 0.394 e. The molecule has 0 radical (unpaired) electrons. The Morgan fingerprint density at radius 2 is 2.14 bits per heavy atom. The molecule has 1 amide bonds. The van der Waals surface area contributed by atoms with Crippen molar-refractivity contribution in [2.24, 2.45) is 11.7 Å². The fourth-order valence-corrected chi connectivity index (χ4v) is 3.07. The summed E-state index contributed by atoms with van der Waals surface area (Å²) in [5, 5.41) is 41.9. The number of hydrogen-bond acceptors (Lipinski definition) is 9. The lowest BCUT2D eigenvalue weighted by Crippen LogP contribution is -2.40. The molecular weight excluding hydrogens is 368 g/mol. The lowest BCUT2D eigenvalue weighted by Gasteiger charge is -2.17. The number of aliphatic hydroxyl groups is 3. The molecule has 0 saturated carbocycles. The van der Waals surface area contributed by atoms with Crippen molar-refractivity contribution in [3.05, 3.63) is 18.1 Å². The molecule has 3 rings (SSSR count). The lowest BCUT2D eigenvalue weighted by atomic mass is 10.1. The van der Waals surface area contributed by atoms with E-state index in [1.807, 2.05) is 6.07 Å². The lowest BCUT2D eigenvalue weighted by molar-refractivity contribution is -0.118. The zero-order valence-corrected chi connectivity index (χ0v) is 15.4. The van der Waals surface area contributed by atoms with Gasteiger partial charge in [-0.2, -0.15) is 5.26 Å². The van der Waals surface area contributed by atoms with Crippen molar-refractivity contribution in [3.8, 4) is 6.07 Å². The maximum atomic E-state index is 12.3. The van der Waals surface area contributed by atoms with E-state index < -0.39 is 43.1 Å². The zero-order chi connectivity index (χ0) is 20.6. The summed E-state index contributed by atoms with van der Waals surface area (Å²) in [4.78, 5) is 20.5. The first kappa shape index (κ1) is 20.1. The van der Waals surface area contributed by atoms with E-state index in [0.717, 1.165) is 0 Å². The maximum Gasteiger partial charge on any atom is 0.242 e. The predicted octanol–water partition coefficient (Wildman–Crippen LogP) is -1.16. The molecule has 2 aromatic heterocycles. The molecule has 0 aromatic carbocycles. The number of aliphatic hydroxyl groups excluding tert-OH is 3. The third-order valence-electron chi connectivity index (χ3n) is 4.78. The third kappa shape index (κ3) is 3.32. The number of amides is 1. The highest BCUT2D eigenvalue weighted by molar-refractivity contribution is 6.02. The minimum absolute atomic E-state index is 0.101. The predicted molar refractivity (Wildman–Crippen MR) is 96.7 cm³/mol. The topological polar surface area (TPSA) is 180 Å². The van der Waals surface area contributed by atoms with Crippen LogP contribution in [0.1, 0.15) is 25.6 Å². The van der Waals surface area contributed by atoms with Crippen LogP contribution >= 0.6 is 0 Å². The summed E-state index contributed by atoms with van der Waals surface area (Å²) in [5.74, 6) is -0.455. The Bertz CT molecular complexity index is 923. The van der Waals surface area contributed by atoms with Crippen LogP contribution in [-0.2, 0) is 9.53 Å². The Morgan fingerprint density at radius 1 is 1.43 bits per heavy atom. The Balaban J connectivity index is 2.05. The van der Waals surface area contributed by atoms with E-state index in [9.17, 15) is 25.4 Å². The van der Waals surface area contributed by atoms with Crippen molar-refractivity contribution >= 4 is 22.8 Å². The average molecular weight is 390 g/mol. The summed E-state index contributed by atoms with van der Waals surface area (Å²) >= 11 is 0. The molecule has 6 N–H and O–H groups in total. The molecule has 3 heterocycles. The maximum absolute atomic E-state index is 12.3. The molecule has 0 aliphatic carbocycles. The van der Waals surface area contributed by atoms with Gasteiger partial charge in [0.25, 0.3) is 0 Å². The van der Waals surface area contributed by atoms with Gasteiger partial charge in [-0.15, -0.1) is 0 Å². The normalized spacial score (nSPS) is 25.8. The summed E-state index contributed by atoms with van der Waals surface area (Å²) in [6.45, 7) is 3.12. The highest BCUT2D eigenvalue weighted by Gasteiger charge is 2.44. The molecule has 5 atom stereocenters. The molecule has 11 heteroatoms. The van der Waals surface area contributed by atoms with E-state index in [4.69, 9.17) is 10.5 Å². The van der Waals surface area contributed by atoms with Crippen molar-refractivity contribution in [1.82, 2.24) is 14.5 Å². The molecule has 1 saturated heterocycles. The van der Waals surface area contributed by atoms with Crippen LogP contribution in [0.4, 0.5) is 5.82 Å². The van der Waals surface area contributed by atoms with Gasteiger partial charge >= 0.3 is 0 Å². The van der Waals surface area contributed by atoms with Crippen LogP contribution in [0.25, 0.3) is 11.0 Å². The molecular formula is C17H22N6O5. The zero-order valence-electron chi connectivity index (χ0n) is 15.4. The second-order valence-corrected chi connectivity index (χ2v) is 6.97. The van der Waals surface area contributed by atoms with Crippen LogP contribution in [0.15, 0.2) is 12.5 Å². The van der Waals surface area contributed by atoms with E-state index in [2.05, 4.69) is 15.3 Å². The summed E-state index contributed by atoms with van der Waals surface area (Å²) in [6, 6.07) is 1.23. The number of nitrogens with one attached hydrogen (secondary N) is 1. The Kier molecular flexibility index (Phi) is 5.59. The number of fused-ring (bicyclic) bond motifs is 1.